The maximum absolute atomic E-state index is 13.1. The van der Waals surface area contributed by atoms with Crippen LogP contribution in [0.4, 0.5) is 10.1 Å². The maximum Gasteiger partial charge on any atom is 0.234 e. The van der Waals surface area contributed by atoms with Crippen LogP contribution in [0.1, 0.15) is 5.82 Å². The van der Waals surface area contributed by atoms with Crippen LogP contribution in [0.15, 0.2) is 54.6 Å². The third kappa shape index (κ3) is 4.17. The Morgan fingerprint density at radius 1 is 1.17 bits per heavy atom. The van der Waals surface area contributed by atoms with E-state index in [1.54, 1.807) is 16.8 Å². The number of rotatable bonds is 6. The Morgan fingerprint density at radius 3 is 2.79 bits per heavy atom. The van der Waals surface area contributed by atoms with Crippen molar-refractivity contribution >= 4 is 23.4 Å². The van der Waals surface area contributed by atoms with Gasteiger partial charge >= 0.3 is 0 Å². The average Bonchev–Trinajstić information content (AvgIpc) is 3.04. The van der Waals surface area contributed by atoms with E-state index in [1.165, 1.54) is 23.9 Å². The van der Waals surface area contributed by atoms with Crippen molar-refractivity contribution in [1.29, 1.82) is 0 Å². The van der Waals surface area contributed by atoms with E-state index in [0.717, 1.165) is 5.69 Å². The smallest absolute Gasteiger partial charge is 0.234 e. The van der Waals surface area contributed by atoms with Gasteiger partial charge in [-0.1, -0.05) is 24.3 Å². The van der Waals surface area contributed by atoms with Crippen molar-refractivity contribution in [1.82, 2.24) is 20.2 Å². The lowest BCUT2D eigenvalue weighted by atomic mass is 10.3. The number of nitrogens with one attached hydrogen (secondary N) is 1. The fourth-order valence-electron chi connectivity index (χ4n) is 2.06. The maximum atomic E-state index is 13.1. The summed E-state index contributed by atoms with van der Waals surface area (Å²) < 4.78 is 14.7. The number of anilines is 1. The Bertz CT molecular complexity index is 824. The van der Waals surface area contributed by atoms with Crippen molar-refractivity contribution in [2.75, 3.05) is 11.1 Å². The molecule has 1 N–H and O–H groups in total. The molecular formula is C16H14FN5OS. The van der Waals surface area contributed by atoms with Gasteiger partial charge in [-0.2, -0.15) is 4.68 Å². The Labute approximate surface area is 142 Å². The summed E-state index contributed by atoms with van der Waals surface area (Å²) in [6.45, 7) is 0. The third-order valence-electron chi connectivity index (χ3n) is 3.11. The Hall–Kier alpha value is -2.74. The van der Waals surface area contributed by atoms with Crippen LogP contribution < -0.4 is 5.32 Å². The van der Waals surface area contributed by atoms with E-state index < -0.39 is 0 Å². The minimum absolute atomic E-state index is 0.204. The quantitative estimate of drug-likeness (QED) is 0.745. The molecule has 8 heteroatoms. The fourth-order valence-corrected chi connectivity index (χ4v) is 2.79. The summed E-state index contributed by atoms with van der Waals surface area (Å²) in [5, 5.41) is 14.3. The monoisotopic (exact) mass is 343 g/mol. The highest BCUT2D eigenvalue weighted by Gasteiger charge is 2.10. The van der Waals surface area contributed by atoms with Gasteiger partial charge in [-0.15, -0.1) is 16.9 Å². The standard InChI is InChI=1S/C16H14FN5OS/c17-12-5-4-6-13(9-12)18-16(23)11-24-10-15-19-20-21-22(15)14-7-2-1-3-8-14/h1-9H,10-11H2,(H,18,23). The van der Waals surface area contributed by atoms with E-state index in [1.807, 2.05) is 30.3 Å². The average molecular weight is 343 g/mol. The van der Waals surface area contributed by atoms with Crippen LogP contribution in [0, 0.1) is 5.82 Å². The van der Waals surface area contributed by atoms with Crippen LogP contribution in [0.25, 0.3) is 5.69 Å². The first-order valence-corrected chi connectivity index (χ1v) is 8.34. The molecule has 6 nitrogen and oxygen atoms in total. The molecule has 0 aliphatic rings. The Morgan fingerprint density at radius 2 is 2.00 bits per heavy atom. The van der Waals surface area contributed by atoms with Crippen LogP contribution in [0.5, 0.6) is 0 Å². The van der Waals surface area contributed by atoms with E-state index in [-0.39, 0.29) is 17.5 Å². The molecule has 0 bridgehead atoms. The number of nitrogens with zero attached hydrogens (tertiary/aromatic N) is 4. The van der Waals surface area contributed by atoms with Crippen molar-refractivity contribution in [2.24, 2.45) is 0 Å². The van der Waals surface area contributed by atoms with Gasteiger partial charge < -0.3 is 5.32 Å². The van der Waals surface area contributed by atoms with Crippen molar-refractivity contribution in [3.63, 3.8) is 0 Å². The molecule has 3 rings (SSSR count). The number of tetrazole rings is 1. The van der Waals surface area contributed by atoms with Gasteiger partial charge in [0, 0.05) is 5.69 Å². The van der Waals surface area contributed by atoms with Crippen molar-refractivity contribution in [3.05, 3.63) is 66.2 Å². The lowest BCUT2D eigenvalue weighted by molar-refractivity contribution is -0.113. The lowest BCUT2D eigenvalue weighted by Gasteiger charge is -2.06. The molecule has 2 aromatic carbocycles. The predicted molar refractivity (Wildman–Crippen MR) is 90.3 cm³/mol. The molecule has 0 spiro atoms. The number of benzene rings is 2. The molecule has 1 aromatic heterocycles. The predicted octanol–water partition coefficient (Wildman–Crippen LogP) is 2.67. The highest BCUT2D eigenvalue weighted by atomic mass is 32.2. The van der Waals surface area contributed by atoms with Gasteiger partial charge in [0.25, 0.3) is 0 Å². The summed E-state index contributed by atoms with van der Waals surface area (Å²) >= 11 is 1.38. The van der Waals surface area contributed by atoms with Crippen LogP contribution in [0.3, 0.4) is 0 Å². The normalized spacial score (nSPS) is 10.5. The second-order valence-electron chi connectivity index (χ2n) is 4.89. The molecule has 1 heterocycles. The van der Waals surface area contributed by atoms with Crippen LogP contribution in [-0.2, 0) is 10.5 Å². The summed E-state index contributed by atoms with van der Waals surface area (Å²) in [5.41, 5.74) is 1.30. The highest BCUT2D eigenvalue weighted by molar-refractivity contribution is 7.99. The second-order valence-corrected chi connectivity index (χ2v) is 5.88. The van der Waals surface area contributed by atoms with Crippen molar-refractivity contribution < 1.29 is 9.18 Å². The molecule has 0 aliphatic heterocycles. The number of carbonyl (C=O) groups excluding carboxylic acids is 1. The van der Waals surface area contributed by atoms with Gasteiger partial charge in [-0.3, -0.25) is 4.79 Å². The summed E-state index contributed by atoms with van der Waals surface area (Å²) in [5.74, 6) is 0.771. The van der Waals surface area contributed by atoms with Crippen LogP contribution in [-0.4, -0.2) is 31.9 Å². The number of hydrogen-bond acceptors (Lipinski definition) is 5. The van der Waals surface area contributed by atoms with Gasteiger partial charge in [0.1, 0.15) is 5.82 Å². The number of para-hydroxylation sites is 1. The number of amides is 1. The van der Waals surface area contributed by atoms with Crippen molar-refractivity contribution in [2.45, 2.75) is 5.75 Å². The van der Waals surface area contributed by atoms with Gasteiger partial charge in [0.05, 0.1) is 17.2 Å². The summed E-state index contributed by atoms with van der Waals surface area (Å²) in [4.78, 5) is 11.9. The molecule has 0 saturated carbocycles. The topological polar surface area (TPSA) is 72.7 Å². The first kappa shape index (κ1) is 16.1. The zero-order valence-corrected chi connectivity index (χ0v) is 13.4. The summed E-state index contributed by atoms with van der Waals surface area (Å²) in [6.07, 6.45) is 0. The molecule has 0 atom stereocenters. The molecular weight excluding hydrogens is 329 g/mol. The Balaban J connectivity index is 1.54. The SMILES string of the molecule is O=C(CSCc1nnnn1-c1ccccc1)Nc1cccc(F)c1. The minimum atomic E-state index is -0.387. The van der Waals surface area contributed by atoms with E-state index in [9.17, 15) is 9.18 Å². The van der Waals surface area contributed by atoms with Gasteiger partial charge in [-0.25, -0.2) is 4.39 Å². The summed E-state index contributed by atoms with van der Waals surface area (Å²) in [6, 6.07) is 15.3. The van der Waals surface area contributed by atoms with Gasteiger partial charge in [0.15, 0.2) is 5.82 Å². The van der Waals surface area contributed by atoms with E-state index >= 15 is 0 Å². The molecule has 3 aromatic rings. The zero-order chi connectivity index (χ0) is 16.8. The number of thioether (sulfide) groups is 1. The fraction of sp³-hybridized carbons (Fsp3) is 0.125. The first-order valence-electron chi connectivity index (χ1n) is 7.18. The molecule has 0 radical (unpaired) electrons. The largest absolute Gasteiger partial charge is 0.325 e. The zero-order valence-electron chi connectivity index (χ0n) is 12.6. The molecule has 122 valence electrons. The lowest BCUT2D eigenvalue weighted by Crippen LogP contribution is -2.14. The molecule has 0 unspecified atom stereocenters. The molecule has 0 aliphatic carbocycles. The highest BCUT2D eigenvalue weighted by Crippen LogP contribution is 2.14. The van der Waals surface area contributed by atoms with Crippen molar-refractivity contribution in [3.8, 4) is 5.69 Å². The molecule has 24 heavy (non-hydrogen) atoms. The molecule has 0 saturated heterocycles. The molecule has 1 amide bonds. The van der Waals surface area contributed by atoms with Crippen LogP contribution >= 0.6 is 11.8 Å². The number of aromatic nitrogens is 4. The van der Waals surface area contributed by atoms with E-state index in [2.05, 4.69) is 20.8 Å². The van der Waals surface area contributed by atoms with E-state index in [0.29, 0.717) is 17.3 Å². The van der Waals surface area contributed by atoms with Gasteiger partial charge in [0.2, 0.25) is 5.91 Å². The number of halogens is 1. The second kappa shape index (κ2) is 7.69. The summed E-state index contributed by atoms with van der Waals surface area (Å²) in [7, 11) is 0. The minimum Gasteiger partial charge on any atom is -0.325 e. The number of carbonyl (C=O) groups is 1. The van der Waals surface area contributed by atoms with Crippen LogP contribution in [0.2, 0.25) is 0 Å². The van der Waals surface area contributed by atoms with E-state index in [4.69, 9.17) is 0 Å². The number of hydrogen-bond donors (Lipinski definition) is 1. The molecule has 0 fully saturated rings. The first-order chi connectivity index (χ1) is 11.7. The third-order valence-corrected chi connectivity index (χ3v) is 4.04. The van der Waals surface area contributed by atoms with Gasteiger partial charge in [-0.05, 0) is 40.8 Å². The Kier molecular flexibility index (Phi) is 5.17.